The molecule has 0 atom stereocenters. The van der Waals surface area contributed by atoms with Gasteiger partial charge in [0, 0.05) is 25.8 Å². The van der Waals surface area contributed by atoms with Gasteiger partial charge in [-0.3, -0.25) is 9.89 Å². The highest BCUT2D eigenvalue weighted by Crippen LogP contribution is 2.09. The molecule has 1 aromatic rings. The summed E-state index contributed by atoms with van der Waals surface area (Å²) in [6.07, 6.45) is 3.20. The number of amides is 1. The van der Waals surface area contributed by atoms with Crippen LogP contribution in [-0.2, 0) is 0 Å². The Morgan fingerprint density at radius 2 is 2.50 bits per heavy atom. The summed E-state index contributed by atoms with van der Waals surface area (Å²) in [5.74, 6) is 0.0627. The van der Waals surface area contributed by atoms with E-state index >= 15 is 0 Å². The molecule has 0 saturated carbocycles. The fourth-order valence-electron chi connectivity index (χ4n) is 1.60. The Morgan fingerprint density at radius 1 is 1.71 bits per heavy atom. The predicted octanol–water partition coefficient (Wildman–Crippen LogP) is -0.156. The number of likely N-dealkylation sites (N-methyl/N-ethyl adjacent to an activating group) is 1. The Morgan fingerprint density at radius 3 is 2.93 bits per heavy atom. The first-order valence-electron chi connectivity index (χ1n) is 4.83. The minimum Gasteiger partial charge on any atom is -0.333 e. The molecule has 1 aliphatic rings. The van der Waals surface area contributed by atoms with Gasteiger partial charge < -0.3 is 10.2 Å². The van der Waals surface area contributed by atoms with Crippen molar-refractivity contribution in [2.24, 2.45) is 0 Å². The number of nitrogens with one attached hydrogen (secondary N) is 2. The van der Waals surface area contributed by atoms with Gasteiger partial charge in [-0.05, 0) is 6.92 Å². The van der Waals surface area contributed by atoms with Gasteiger partial charge in [-0.1, -0.05) is 0 Å². The number of hydrogen-bond acceptors (Lipinski definition) is 3. The maximum absolute atomic E-state index is 11.9. The summed E-state index contributed by atoms with van der Waals surface area (Å²) in [7, 11) is 0. The van der Waals surface area contributed by atoms with E-state index in [4.69, 9.17) is 0 Å². The topological polar surface area (TPSA) is 61.0 Å². The van der Waals surface area contributed by atoms with Crippen molar-refractivity contribution in [1.29, 1.82) is 0 Å². The summed E-state index contributed by atoms with van der Waals surface area (Å²) >= 11 is 0. The number of nitrogens with zero attached hydrogens (tertiary/aromatic N) is 2. The van der Waals surface area contributed by atoms with Crippen LogP contribution < -0.4 is 5.32 Å². The molecule has 2 heterocycles. The second-order valence-corrected chi connectivity index (χ2v) is 3.39. The Bertz CT molecular complexity index is 305. The summed E-state index contributed by atoms with van der Waals surface area (Å²) in [4.78, 5) is 13.8. The van der Waals surface area contributed by atoms with Gasteiger partial charge in [0.1, 0.15) is 0 Å². The van der Waals surface area contributed by atoms with Gasteiger partial charge in [-0.2, -0.15) is 5.10 Å². The first-order chi connectivity index (χ1) is 6.83. The Kier molecular flexibility index (Phi) is 2.49. The molecule has 2 N–H and O–H groups in total. The molecule has 0 bridgehead atoms. The van der Waals surface area contributed by atoms with Crippen molar-refractivity contribution >= 4 is 5.91 Å². The molecule has 2 rings (SSSR count). The summed E-state index contributed by atoms with van der Waals surface area (Å²) in [5, 5.41) is 9.59. The van der Waals surface area contributed by atoms with E-state index in [0.29, 0.717) is 11.6 Å². The van der Waals surface area contributed by atoms with Crippen molar-refractivity contribution < 1.29 is 4.79 Å². The van der Waals surface area contributed by atoms with Crippen LogP contribution in [0.25, 0.3) is 0 Å². The van der Waals surface area contributed by atoms with Gasteiger partial charge in [-0.25, -0.2) is 0 Å². The van der Waals surface area contributed by atoms with Crippen molar-refractivity contribution in [2.45, 2.75) is 13.0 Å². The number of aromatic amines is 1. The molecule has 5 heteroatoms. The smallest absolute Gasteiger partial charge is 0.257 e. The molecular formula is C9H14N4O. The third-order valence-corrected chi connectivity index (χ3v) is 2.55. The van der Waals surface area contributed by atoms with E-state index in [9.17, 15) is 4.79 Å². The van der Waals surface area contributed by atoms with E-state index in [1.54, 1.807) is 12.4 Å². The second kappa shape index (κ2) is 3.79. The van der Waals surface area contributed by atoms with Gasteiger partial charge in [-0.15, -0.1) is 0 Å². The normalized spacial score (nSPS) is 16.4. The first-order valence-corrected chi connectivity index (χ1v) is 4.83. The molecule has 1 saturated heterocycles. The standard InChI is InChI=1S/C9H14N4O/c1-2-13(8-5-10-6-8)9(14)7-3-11-12-4-7/h3-4,8,10H,2,5-6H2,1H3,(H,11,12). The number of carbonyl (C=O) groups is 1. The summed E-state index contributed by atoms with van der Waals surface area (Å²) in [6, 6.07) is 0.349. The molecule has 1 fully saturated rings. The number of aromatic nitrogens is 2. The van der Waals surface area contributed by atoms with Crippen LogP contribution in [0.4, 0.5) is 0 Å². The van der Waals surface area contributed by atoms with E-state index in [-0.39, 0.29) is 5.91 Å². The van der Waals surface area contributed by atoms with Gasteiger partial charge in [0.25, 0.3) is 5.91 Å². The number of H-pyrrole nitrogens is 1. The van der Waals surface area contributed by atoms with Gasteiger partial charge in [0.05, 0.1) is 17.8 Å². The lowest BCUT2D eigenvalue weighted by Crippen LogP contribution is -2.58. The highest BCUT2D eigenvalue weighted by atomic mass is 16.2. The van der Waals surface area contributed by atoms with Crippen LogP contribution in [0.3, 0.4) is 0 Å². The monoisotopic (exact) mass is 194 g/mol. The van der Waals surface area contributed by atoms with E-state index in [1.807, 2.05) is 11.8 Å². The Hall–Kier alpha value is -1.36. The van der Waals surface area contributed by atoms with Crippen LogP contribution in [0, 0.1) is 0 Å². The average molecular weight is 194 g/mol. The van der Waals surface area contributed by atoms with Gasteiger partial charge in [0.2, 0.25) is 0 Å². The van der Waals surface area contributed by atoms with Crippen LogP contribution in [-0.4, -0.2) is 46.7 Å². The van der Waals surface area contributed by atoms with Crippen molar-refractivity contribution in [1.82, 2.24) is 20.4 Å². The Labute approximate surface area is 82.5 Å². The SMILES string of the molecule is CCN(C(=O)c1cn[nH]c1)C1CNC1. The van der Waals surface area contributed by atoms with Gasteiger partial charge >= 0.3 is 0 Å². The lowest BCUT2D eigenvalue weighted by atomic mass is 10.1. The zero-order valence-electron chi connectivity index (χ0n) is 8.16. The molecular weight excluding hydrogens is 180 g/mol. The molecule has 0 aliphatic carbocycles. The molecule has 14 heavy (non-hydrogen) atoms. The van der Waals surface area contributed by atoms with Crippen LogP contribution >= 0.6 is 0 Å². The average Bonchev–Trinajstić information content (AvgIpc) is 2.62. The molecule has 5 nitrogen and oxygen atoms in total. The lowest BCUT2D eigenvalue weighted by molar-refractivity contribution is 0.0630. The summed E-state index contributed by atoms with van der Waals surface area (Å²) in [5.41, 5.74) is 0.638. The van der Waals surface area contributed by atoms with Crippen LogP contribution in [0.1, 0.15) is 17.3 Å². The molecule has 1 aliphatic heterocycles. The van der Waals surface area contributed by atoms with E-state index in [2.05, 4.69) is 15.5 Å². The van der Waals surface area contributed by atoms with Crippen molar-refractivity contribution in [3.05, 3.63) is 18.0 Å². The second-order valence-electron chi connectivity index (χ2n) is 3.39. The molecule has 1 aromatic heterocycles. The summed E-state index contributed by atoms with van der Waals surface area (Å²) in [6.45, 7) is 4.54. The fraction of sp³-hybridized carbons (Fsp3) is 0.556. The molecule has 76 valence electrons. The van der Waals surface area contributed by atoms with Crippen LogP contribution in [0.5, 0.6) is 0 Å². The number of hydrogen-bond donors (Lipinski definition) is 2. The highest BCUT2D eigenvalue weighted by molar-refractivity contribution is 5.94. The van der Waals surface area contributed by atoms with Crippen LogP contribution in [0.15, 0.2) is 12.4 Å². The van der Waals surface area contributed by atoms with E-state index < -0.39 is 0 Å². The number of rotatable bonds is 3. The van der Waals surface area contributed by atoms with E-state index in [0.717, 1.165) is 19.6 Å². The zero-order valence-corrected chi connectivity index (χ0v) is 8.16. The predicted molar refractivity (Wildman–Crippen MR) is 52.0 cm³/mol. The molecule has 0 unspecified atom stereocenters. The van der Waals surface area contributed by atoms with Crippen molar-refractivity contribution in [3.63, 3.8) is 0 Å². The molecule has 0 radical (unpaired) electrons. The minimum absolute atomic E-state index is 0.0627. The minimum atomic E-state index is 0.0627. The maximum atomic E-state index is 11.9. The fourth-order valence-corrected chi connectivity index (χ4v) is 1.60. The first kappa shape index (κ1) is 9.21. The highest BCUT2D eigenvalue weighted by Gasteiger charge is 2.28. The Balaban J connectivity index is 2.08. The third-order valence-electron chi connectivity index (χ3n) is 2.55. The molecule has 0 aromatic carbocycles. The van der Waals surface area contributed by atoms with Crippen molar-refractivity contribution in [3.8, 4) is 0 Å². The van der Waals surface area contributed by atoms with E-state index in [1.165, 1.54) is 0 Å². The number of carbonyl (C=O) groups excluding carboxylic acids is 1. The van der Waals surface area contributed by atoms with Crippen molar-refractivity contribution in [2.75, 3.05) is 19.6 Å². The zero-order chi connectivity index (χ0) is 9.97. The quantitative estimate of drug-likeness (QED) is 0.703. The van der Waals surface area contributed by atoms with Gasteiger partial charge in [0.15, 0.2) is 0 Å². The third kappa shape index (κ3) is 1.50. The van der Waals surface area contributed by atoms with Crippen LogP contribution in [0.2, 0.25) is 0 Å². The lowest BCUT2D eigenvalue weighted by Gasteiger charge is -2.37. The molecule has 0 spiro atoms. The maximum Gasteiger partial charge on any atom is 0.257 e. The molecule has 1 amide bonds. The largest absolute Gasteiger partial charge is 0.333 e. The summed E-state index contributed by atoms with van der Waals surface area (Å²) < 4.78 is 0.